The van der Waals surface area contributed by atoms with E-state index in [4.69, 9.17) is 16.3 Å². The lowest BCUT2D eigenvalue weighted by Crippen LogP contribution is -2.08. The minimum atomic E-state index is -0.478. The average molecular weight is 324 g/mol. The molecule has 0 unspecified atom stereocenters. The van der Waals surface area contributed by atoms with Crippen molar-refractivity contribution in [1.29, 1.82) is 0 Å². The number of thioether (sulfide) groups is 1. The van der Waals surface area contributed by atoms with Crippen molar-refractivity contribution in [2.45, 2.75) is 12.1 Å². The fraction of sp³-hybridized carbons (Fsp3) is 0.214. The molecule has 0 atom stereocenters. The summed E-state index contributed by atoms with van der Waals surface area (Å²) < 4.78 is 5.00. The summed E-state index contributed by atoms with van der Waals surface area (Å²) in [5.41, 5.74) is 1.73. The summed E-state index contributed by atoms with van der Waals surface area (Å²) in [6.07, 6.45) is 1.93. The van der Waals surface area contributed by atoms with E-state index in [-0.39, 0.29) is 5.88 Å². The average Bonchev–Trinajstić information content (AvgIpc) is 2.48. The molecule has 0 aliphatic heterocycles. The maximum Gasteiger partial charge on any atom is 0.326 e. The Kier molecular flexibility index (Phi) is 5.41. The van der Waals surface area contributed by atoms with E-state index in [1.165, 1.54) is 11.8 Å². The van der Waals surface area contributed by atoms with Gasteiger partial charge in [0, 0.05) is 17.4 Å². The zero-order chi connectivity index (χ0) is 15.2. The van der Waals surface area contributed by atoms with Crippen LogP contribution in [0.2, 0.25) is 0 Å². The Hall–Kier alpha value is -1.79. The van der Waals surface area contributed by atoms with Crippen molar-refractivity contribution in [2.75, 3.05) is 17.5 Å². The second kappa shape index (κ2) is 7.28. The van der Waals surface area contributed by atoms with Gasteiger partial charge in [-0.25, -0.2) is 9.97 Å². The molecule has 0 aliphatic carbocycles. The molecule has 5 nitrogen and oxygen atoms in total. The zero-order valence-electron chi connectivity index (χ0n) is 11.6. The molecule has 0 saturated heterocycles. The van der Waals surface area contributed by atoms with Crippen molar-refractivity contribution < 1.29 is 9.53 Å². The highest BCUT2D eigenvalue weighted by Gasteiger charge is 2.04. The molecule has 1 aromatic carbocycles. The monoisotopic (exact) mass is 323 g/mol. The second-order valence-corrected chi connectivity index (χ2v) is 5.18. The molecule has 1 heterocycles. The van der Waals surface area contributed by atoms with Crippen LogP contribution in [0, 0.1) is 6.92 Å². The zero-order valence-corrected chi connectivity index (χ0v) is 13.2. The lowest BCUT2D eigenvalue weighted by atomic mass is 10.3. The fourth-order valence-corrected chi connectivity index (χ4v) is 2.09. The molecule has 1 N–H and O–H groups in total. The number of halogens is 1. The van der Waals surface area contributed by atoms with Crippen molar-refractivity contribution in [3.63, 3.8) is 0 Å². The minimum absolute atomic E-state index is 0.169. The number of ether oxygens (including phenoxy) is 1. The van der Waals surface area contributed by atoms with E-state index in [2.05, 4.69) is 15.3 Å². The molecule has 2 rings (SSSR count). The van der Waals surface area contributed by atoms with Gasteiger partial charge in [-0.05, 0) is 37.4 Å². The molecular weight excluding hydrogens is 310 g/mol. The number of esters is 1. The van der Waals surface area contributed by atoms with Gasteiger partial charge < -0.3 is 10.1 Å². The predicted octanol–water partition coefficient (Wildman–Crippen LogP) is 3.39. The fourth-order valence-electron chi connectivity index (χ4n) is 1.61. The summed E-state index contributed by atoms with van der Waals surface area (Å²) in [6, 6.07) is 8.84. The molecule has 7 heteroatoms. The largest absolute Gasteiger partial charge is 0.426 e. The quantitative estimate of drug-likeness (QED) is 0.299. The lowest BCUT2D eigenvalue weighted by molar-refractivity contribution is -0.131. The summed E-state index contributed by atoms with van der Waals surface area (Å²) in [5, 5.41) is 3.90. The van der Waals surface area contributed by atoms with E-state index < -0.39 is 5.97 Å². The highest BCUT2D eigenvalue weighted by molar-refractivity contribution is 7.98. The normalized spacial score (nSPS) is 10.2. The van der Waals surface area contributed by atoms with Gasteiger partial charge >= 0.3 is 5.97 Å². The number of alkyl halides is 1. The SMILES string of the molecule is CSc1nc(C)cc(Nc2ccc(OC(=O)CCl)cc2)n1. The first-order valence-corrected chi connectivity index (χ1v) is 7.90. The molecular formula is C14H14ClN3O2S. The van der Waals surface area contributed by atoms with Crippen LogP contribution in [0.1, 0.15) is 5.69 Å². The number of carbonyl (C=O) groups excluding carboxylic acids is 1. The smallest absolute Gasteiger partial charge is 0.326 e. The van der Waals surface area contributed by atoms with Crippen LogP contribution in [0.3, 0.4) is 0 Å². The van der Waals surface area contributed by atoms with Gasteiger partial charge in [0.1, 0.15) is 17.4 Å². The number of rotatable bonds is 5. The van der Waals surface area contributed by atoms with E-state index in [1.807, 2.05) is 19.2 Å². The van der Waals surface area contributed by atoms with Crippen LogP contribution in [0.15, 0.2) is 35.5 Å². The van der Waals surface area contributed by atoms with E-state index in [1.54, 1.807) is 24.3 Å². The van der Waals surface area contributed by atoms with Crippen LogP contribution in [0.25, 0.3) is 0 Å². The number of aromatic nitrogens is 2. The number of nitrogens with one attached hydrogen (secondary N) is 1. The number of anilines is 2. The lowest BCUT2D eigenvalue weighted by Gasteiger charge is -2.08. The minimum Gasteiger partial charge on any atom is -0.426 e. The van der Waals surface area contributed by atoms with Crippen molar-refractivity contribution in [2.24, 2.45) is 0 Å². The van der Waals surface area contributed by atoms with Crippen LogP contribution in [-0.4, -0.2) is 28.1 Å². The third kappa shape index (κ3) is 4.61. The highest BCUT2D eigenvalue weighted by atomic mass is 35.5. The van der Waals surface area contributed by atoms with E-state index in [0.717, 1.165) is 17.2 Å². The standard InChI is InChI=1S/C14H14ClN3O2S/c1-9-7-12(18-14(16-9)21-2)17-10-3-5-11(6-4-10)20-13(19)8-15/h3-7H,8H2,1-2H3,(H,16,17,18). The number of aryl methyl sites for hydroxylation is 1. The van der Waals surface area contributed by atoms with Gasteiger partial charge in [0.25, 0.3) is 0 Å². The number of benzene rings is 1. The summed E-state index contributed by atoms with van der Waals surface area (Å²) in [6.45, 7) is 1.92. The Morgan fingerprint density at radius 2 is 2.05 bits per heavy atom. The molecule has 21 heavy (non-hydrogen) atoms. The van der Waals surface area contributed by atoms with E-state index in [0.29, 0.717) is 10.9 Å². The number of nitrogens with zero attached hydrogens (tertiary/aromatic N) is 2. The van der Waals surface area contributed by atoms with Crippen LogP contribution in [0.4, 0.5) is 11.5 Å². The topological polar surface area (TPSA) is 64.1 Å². The second-order valence-electron chi connectivity index (χ2n) is 4.14. The molecule has 0 bridgehead atoms. The van der Waals surface area contributed by atoms with Crippen LogP contribution < -0.4 is 10.1 Å². The third-order valence-corrected chi connectivity index (χ3v) is 3.25. The predicted molar refractivity (Wildman–Crippen MR) is 84.6 cm³/mol. The van der Waals surface area contributed by atoms with Gasteiger partial charge in [-0.1, -0.05) is 11.8 Å². The first-order valence-electron chi connectivity index (χ1n) is 6.14. The van der Waals surface area contributed by atoms with Crippen LogP contribution >= 0.6 is 23.4 Å². The van der Waals surface area contributed by atoms with Gasteiger partial charge in [0.05, 0.1) is 0 Å². The summed E-state index contributed by atoms with van der Waals surface area (Å²) in [5.74, 6) is 0.526. The first-order chi connectivity index (χ1) is 10.1. The summed E-state index contributed by atoms with van der Waals surface area (Å²) >= 11 is 6.87. The Balaban J connectivity index is 2.09. The molecule has 0 saturated carbocycles. The molecule has 0 radical (unpaired) electrons. The Morgan fingerprint density at radius 3 is 2.67 bits per heavy atom. The van der Waals surface area contributed by atoms with Gasteiger partial charge in [0.2, 0.25) is 0 Å². The van der Waals surface area contributed by atoms with Crippen molar-refractivity contribution in [3.8, 4) is 5.75 Å². The molecule has 0 amide bonds. The van der Waals surface area contributed by atoms with Gasteiger partial charge in [0.15, 0.2) is 5.16 Å². The van der Waals surface area contributed by atoms with Crippen molar-refractivity contribution in [3.05, 3.63) is 36.0 Å². The van der Waals surface area contributed by atoms with Crippen LogP contribution in [-0.2, 0) is 4.79 Å². The Labute approximate surface area is 132 Å². The van der Waals surface area contributed by atoms with Gasteiger partial charge in [-0.3, -0.25) is 4.79 Å². The maximum atomic E-state index is 11.1. The molecule has 0 aliphatic rings. The number of carbonyl (C=O) groups is 1. The highest BCUT2D eigenvalue weighted by Crippen LogP contribution is 2.21. The van der Waals surface area contributed by atoms with Crippen LogP contribution in [0.5, 0.6) is 5.75 Å². The molecule has 0 fully saturated rings. The number of hydrogen-bond acceptors (Lipinski definition) is 6. The van der Waals surface area contributed by atoms with E-state index >= 15 is 0 Å². The maximum absolute atomic E-state index is 11.1. The van der Waals surface area contributed by atoms with Crippen molar-refractivity contribution >= 4 is 40.8 Å². The Morgan fingerprint density at radius 1 is 1.33 bits per heavy atom. The summed E-state index contributed by atoms with van der Waals surface area (Å²) in [4.78, 5) is 19.7. The van der Waals surface area contributed by atoms with Gasteiger partial charge in [-0.2, -0.15) is 0 Å². The molecule has 1 aromatic heterocycles. The molecule has 2 aromatic rings. The molecule has 0 spiro atoms. The Bertz CT molecular complexity index is 635. The summed E-state index contributed by atoms with van der Waals surface area (Å²) in [7, 11) is 0. The van der Waals surface area contributed by atoms with Crippen molar-refractivity contribution in [1.82, 2.24) is 9.97 Å². The van der Waals surface area contributed by atoms with Gasteiger partial charge in [-0.15, -0.1) is 11.6 Å². The van der Waals surface area contributed by atoms with E-state index in [9.17, 15) is 4.79 Å². The molecule has 110 valence electrons. The third-order valence-electron chi connectivity index (χ3n) is 2.48. The number of hydrogen-bond donors (Lipinski definition) is 1. The first kappa shape index (κ1) is 15.6.